The Labute approximate surface area is 240 Å². The summed E-state index contributed by atoms with van der Waals surface area (Å²) in [5.41, 5.74) is -4.40. The van der Waals surface area contributed by atoms with Crippen LogP contribution in [0.4, 0.5) is 45.5 Å². The van der Waals surface area contributed by atoms with Crippen molar-refractivity contribution in [2.24, 2.45) is 18.4 Å². The number of halogens is 9. The van der Waals surface area contributed by atoms with E-state index in [1.54, 1.807) is 6.92 Å². The van der Waals surface area contributed by atoms with E-state index in [9.17, 15) is 44.8 Å². The van der Waals surface area contributed by atoms with Gasteiger partial charge in [-0.2, -0.15) is 49.6 Å². The van der Waals surface area contributed by atoms with Gasteiger partial charge >= 0.3 is 18.5 Å². The Hall–Kier alpha value is -3.87. The quantitative estimate of drug-likeness (QED) is 0.275. The molecule has 43 heavy (non-hydrogen) atoms. The normalized spacial score (nSPS) is 16.4. The Morgan fingerprint density at radius 2 is 1.42 bits per heavy atom. The van der Waals surface area contributed by atoms with Gasteiger partial charge in [0.2, 0.25) is 0 Å². The van der Waals surface area contributed by atoms with Crippen LogP contribution < -0.4 is 4.90 Å². The van der Waals surface area contributed by atoms with Gasteiger partial charge in [-0.25, -0.2) is 0 Å². The van der Waals surface area contributed by atoms with Gasteiger partial charge < -0.3 is 9.80 Å². The highest BCUT2D eigenvalue weighted by atomic mass is 19.4. The molecule has 0 bridgehead atoms. The van der Waals surface area contributed by atoms with Gasteiger partial charge in [-0.1, -0.05) is 24.2 Å². The third-order valence-electron chi connectivity index (χ3n) is 7.03. The van der Waals surface area contributed by atoms with Crippen LogP contribution >= 0.6 is 0 Å². The fraction of sp³-hybridized carbons (Fsp3) is 0.481. The van der Waals surface area contributed by atoms with E-state index in [-0.39, 0.29) is 36.5 Å². The monoisotopic (exact) mass is 619 g/mol. The first-order chi connectivity index (χ1) is 19.8. The lowest BCUT2D eigenvalue weighted by Gasteiger charge is -2.44. The second-order valence-corrected chi connectivity index (χ2v) is 11.1. The number of hydrogen-bond acceptors (Lipinski definition) is 6. The summed E-state index contributed by atoms with van der Waals surface area (Å²) in [5.74, 6) is -0.274. The Morgan fingerprint density at radius 1 is 0.860 bits per heavy atom. The van der Waals surface area contributed by atoms with Gasteiger partial charge in [-0.05, 0) is 53.1 Å². The lowest BCUT2D eigenvalue weighted by Crippen LogP contribution is -2.53. The van der Waals surface area contributed by atoms with Crippen LogP contribution in [0.5, 0.6) is 0 Å². The predicted molar refractivity (Wildman–Crippen MR) is 135 cm³/mol. The Kier molecular flexibility index (Phi) is 8.70. The number of rotatable bonds is 9. The summed E-state index contributed by atoms with van der Waals surface area (Å²) in [4.78, 5) is 4.43. The summed E-state index contributed by atoms with van der Waals surface area (Å²) in [5, 5.41) is 21.0. The van der Waals surface area contributed by atoms with E-state index in [1.165, 1.54) is 24.1 Å². The van der Waals surface area contributed by atoms with Crippen molar-refractivity contribution in [3.63, 3.8) is 0 Å². The standard InChI is InChI=1S/C27H26F9N7/c1-24(15-42-12-19(11-37)13-42,10-17-3-5-20(6-4-17)25(28,29)30)16-43(23-38-40-41(2)39-23)14-18-7-21(26(31,32)33)9-22(8-18)27(34,35)36/h3-9,19H,10,12-16H2,1-2H3. The molecule has 2 aromatic carbocycles. The minimum atomic E-state index is -5.04. The maximum absolute atomic E-state index is 13.5. The maximum atomic E-state index is 13.5. The largest absolute Gasteiger partial charge is 0.416 e. The van der Waals surface area contributed by atoms with Gasteiger partial charge in [0.05, 0.1) is 35.7 Å². The van der Waals surface area contributed by atoms with E-state index in [2.05, 4.69) is 21.5 Å². The lowest BCUT2D eigenvalue weighted by atomic mass is 9.80. The number of nitrogens with zero attached hydrogens (tertiary/aromatic N) is 7. The molecule has 1 atom stereocenters. The zero-order valence-corrected chi connectivity index (χ0v) is 22.9. The van der Waals surface area contributed by atoms with Crippen molar-refractivity contribution in [2.75, 3.05) is 31.1 Å². The fourth-order valence-electron chi connectivity index (χ4n) is 5.18. The van der Waals surface area contributed by atoms with Crippen molar-refractivity contribution >= 4 is 5.95 Å². The third-order valence-corrected chi connectivity index (χ3v) is 7.03. The van der Waals surface area contributed by atoms with Crippen molar-refractivity contribution in [3.8, 4) is 6.07 Å². The summed E-state index contributed by atoms with van der Waals surface area (Å²) in [7, 11) is 1.43. The summed E-state index contributed by atoms with van der Waals surface area (Å²) in [6.45, 7) is 2.50. The molecular weight excluding hydrogens is 593 g/mol. The van der Waals surface area contributed by atoms with Crippen molar-refractivity contribution < 1.29 is 39.5 Å². The lowest BCUT2D eigenvalue weighted by molar-refractivity contribution is -0.143. The van der Waals surface area contributed by atoms with Gasteiger partial charge in [-0.3, -0.25) is 0 Å². The molecule has 1 aliphatic rings. The highest BCUT2D eigenvalue weighted by Gasteiger charge is 2.39. The average Bonchev–Trinajstić information content (AvgIpc) is 3.30. The van der Waals surface area contributed by atoms with Crippen LogP contribution in [0.3, 0.4) is 0 Å². The van der Waals surface area contributed by atoms with E-state index in [0.29, 0.717) is 37.3 Å². The molecule has 1 unspecified atom stereocenters. The smallest absolute Gasteiger partial charge is 0.333 e. The molecule has 0 spiro atoms. The second kappa shape index (κ2) is 11.7. The third kappa shape index (κ3) is 8.15. The first kappa shape index (κ1) is 32.1. The molecule has 0 radical (unpaired) electrons. The van der Waals surface area contributed by atoms with Gasteiger partial charge in [0, 0.05) is 38.1 Å². The van der Waals surface area contributed by atoms with Crippen LogP contribution in [0.15, 0.2) is 42.5 Å². The Balaban J connectivity index is 1.70. The summed E-state index contributed by atoms with van der Waals surface area (Å²) in [6.07, 6.45) is -14.4. The number of likely N-dealkylation sites (tertiary alicyclic amines) is 1. The molecule has 0 N–H and O–H groups in total. The van der Waals surface area contributed by atoms with Gasteiger partial charge in [-0.15, -0.1) is 5.10 Å². The van der Waals surface area contributed by atoms with Gasteiger partial charge in [0.15, 0.2) is 0 Å². The minimum Gasteiger partial charge on any atom is -0.333 e. The second-order valence-electron chi connectivity index (χ2n) is 11.1. The van der Waals surface area contributed by atoms with Crippen LogP contribution in [0, 0.1) is 22.7 Å². The zero-order chi connectivity index (χ0) is 31.8. The number of hydrogen-bond donors (Lipinski definition) is 0. The minimum absolute atomic E-state index is 0.0228. The molecule has 2 heterocycles. The molecule has 4 rings (SSSR count). The molecule has 0 saturated carbocycles. The summed E-state index contributed by atoms with van der Waals surface area (Å²) < 4.78 is 121. The van der Waals surface area contributed by atoms with E-state index in [0.717, 1.165) is 16.9 Å². The van der Waals surface area contributed by atoms with Gasteiger partial charge in [0.25, 0.3) is 5.95 Å². The van der Waals surface area contributed by atoms with E-state index in [4.69, 9.17) is 0 Å². The Bertz CT molecular complexity index is 1420. The number of aromatic nitrogens is 4. The maximum Gasteiger partial charge on any atom is 0.416 e. The molecule has 0 aliphatic carbocycles. The number of alkyl halides is 9. The number of nitriles is 1. The number of anilines is 1. The molecule has 16 heteroatoms. The summed E-state index contributed by atoms with van der Waals surface area (Å²) >= 11 is 0. The van der Waals surface area contributed by atoms with Crippen LogP contribution in [0.1, 0.15) is 34.7 Å². The molecule has 232 valence electrons. The van der Waals surface area contributed by atoms with Crippen molar-refractivity contribution in [2.45, 2.75) is 38.4 Å². The fourth-order valence-corrected chi connectivity index (χ4v) is 5.18. The van der Waals surface area contributed by atoms with Crippen LogP contribution in [-0.2, 0) is 38.5 Å². The first-order valence-corrected chi connectivity index (χ1v) is 12.9. The highest BCUT2D eigenvalue weighted by molar-refractivity contribution is 5.38. The number of tetrazole rings is 1. The summed E-state index contributed by atoms with van der Waals surface area (Å²) in [6, 6.07) is 7.96. The van der Waals surface area contributed by atoms with E-state index < -0.39 is 47.2 Å². The molecule has 1 aliphatic heterocycles. The molecular formula is C27H26F9N7. The highest BCUT2D eigenvalue weighted by Crippen LogP contribution is 2.38. The van der Waals surface area contributed by atoms with Crippen molar-refractivity contribution in [1.29, 1.82) is 5.26 Å². The van der Waals surface area contributed by atoms with E-state index in [1.807, 2.05) is 4.90 Å². The van der Waals surface area contributed by atoms with Crippen LogP contribution in [0.2, 0.25) is 0 Å². The molecule has 1 aromatic heterocycles. The molecule has 1 saturated heterocycles. The molecule has 7 nitrogen and oxygen atoms in total. The zero-order valence-electron chi connectivity index (χ0n) is 22.9. The van der Waals surface area contributed by atoms with Crippen LogP contribution in [0.25, 0.3) is 0 Å². The SMILES string of the molecule is Cn1nnc(N(Cc2cc(C(F)(F)F)cc(C(F)(F)F)c2)CC(C)(Cc2ccc(C(F)(F)F)cc2)CN2CC(C#N)C2)n1. The van der Waals surface area contributed by atoms with Crippen molar-refractivity contribution in [3.05, 3.63) is 70.3 Å². The first-order valence-electron chi connectivity index (χ1n) is 12.9. The van der Waals surface area contributed by atoms with Crippen LogP contribution in [-0.4, -0.2) is 51.3 Å². The van der Waals surface area contributed by atoms with Crippen molar-refractivity contribution in [1.82, 2.24) is 25.1 Å². The molecule has 3 aromatic rings. The van der Waals surface area contributed by atoms with E-state index >= 15 is 0 Å². The average molecular weight is 620 g/mol. The molecule has 1 fully saturated rings. The Morgan fingerprint density at radius 3 is 1.88 bits per heavy atom. The predicted octanol–water partition coefficient (Wildman–Crippen LogP) is 5.98. The topological polar surface area (TPSA) is 73.9 Å². The number of benzene rings is 2. The number of aryl methyl sites for hydroxylation is 1. The molecule has 0 amide bonds. The van der Waals surface area contributed by atoms with Gasteiger partial charge in [0.1, 0.15) is 0 Å².